The van der Waals surface area contributed by atoms with Crippen LogP contribution in [-0.2, 0) is 32.0 Å². The highest BCUT2D eigenvalue weighted by Crippen LogP contribution is 2.26. The number of thioether (sulfide) groups is 1. The number of esters is 1. The molecule has 0 radical (unpaired) electrons. The molecule has 1 heterocycles. The van der Waals surface area contributed by atoms with Gasteiger partial charge < -0.3 is 20.5 Å². The van der Waals surface area contributed by atoms with Gasteiger partial charge >= 0.3 is 5.97 Å². The lowest BCUT2D eigenvalue weighted by Gasteiger charge is -2.18. The Kier molecular flexibility index (Phi) is 8.07. The summed E-state index contributed by atoms with van der Waals surface area (Å²) >= 11 is 0.999. The van der Waals surface area contributed by atoms with Crippen molar-refractivity contribution in [3.05, 3.63) is 59.7 Å². The van der Waals surface area contributed by atoms with Gasteiger partial charge in [0.1, 0.15) is 17.5 Å². The highest BCUT2D eigenvalue weighted by Gasteiger charge is 2.31. The summed E-state index contributed by atoms with van der Waals surface area (Å²) in [5, 5.41) is 4.14. The van der Waals surface area contributed by atoms with Gasteiger partial charge in [-0.3, -0.25) is 19.7 Å². The lowest BCUT2D eigenvalue weighted by atomic mass is 10.1. The minimum absolute atomic E-state index is 0.245. The third kappa shape index (κ3) is 6.80. The number of carbonyl (C=O) groups excluding carboxylic acids is 4. The first-order chi connectivity index (χ1) is 15.7. The monoisotopic (exact) mass is 471 g/mol. The third-order valence-electron chi connectivity index (χ3n) is 4.93. The smallest absolute Gasteiger partial charge is 0.328 e. The van der Waals surface area contributed by atoms with Crippen LogP contribution >= 0.6 is 11.8 Å². The molecule has 2 aromatic carbocycles. The quantitative estimate of drug-likeness (QED) is 0.472. The van der Waals surface area contributed by atoms with Crippen LogP contribution in [0.5, 0.6) is 11.5 Å². The first kappa shape index (κ1) is 24.3. The Morgan fingerprint density at radius 2 is 1.64 bits per heavy atom. The largest absolute Gasteiger partial charge is 0.467 e. The predicted octanol–water partition coefficient (Wildman–Crippen LogP) is 1.92. The van der Waals surface area contributed by atoms with Crippen LogP contribution in [0.3, 0.4) is 0 Å². The summed E-state index contributed by atoms with van der Waals surface area (Å²) in [6.45, 7) is 1.54. The van der Waals surface area contributed by atoms with Gasteiger partial charge in [0.25, 0.3) is 5.24 Å². The fourth-order valence-electron chi connectivity index (χ4n) is 3.14. The van der Waals surface area contributed by atoms with Crippen LogP contribution in [0.4, 0.5) is 4.79 Å². The van der Waals surface area contributed by atoms with Crippen molar-refractivity contribution >= 4 is 34.8 Å². The molecule has 0 aromatic heterocycles. The van der Waals surface area contributed by atoms with Crippen LogP contribution in [-0.4, -0.2) is 47.5 Å². The Bertz CT molecular complexity index is 1020. The van der Waals surface area contributed by atoms with Gasteiger partial charge in [0, 0.05) is 6.42 Å². The van der Waals surface area contributed by atoms with Gasteiger partial charge in [0.15, 0.2) is 0 Å². The molecule has 33 heavy (non-hydrogen) atoms. The molecule has 0 aliphatic carbocycles. The van der Waals surface area contributed by atoms with Crippen molar-refractivity contribution in [2.75, 3.05) is 7.11 Å². The number of amides is 3. The Balaban J connectivity index is 1.58. The van der Waals surface area contributed by atoms with Gasteiger partial charge in [-0.2, -0.15) is 0 Å². The second kappa shape index (κ2) is 11.0. The molecule has 3 amide bonds. The lowest BCUT2D eigenvalue weighted by Crippen LogP contribution is -2.48. The van der Waals surface area contributed by atoms with Crippen molar-refractivity contribution in [1.29, 1.82) is 0 Å². The van der Waals surface area contributed by atoms with Crippen molar-refractivity contribution in [1.82, 2.24) is 10.6 Å². The minimum atomic E-state index is -0.844. The van der Waals surface area contributed by atoms with E-state index in [9.17, 15) is 19.2 Å². The Hall–Kier alpha value is -3.37. The van der Waals surface area contributed by atoms with E-state index in [2.05, 4.69) is 10.6 Å². The zero-order valence-electron chi connectivity index (χ0n) is 18.2. The highest BCUT2D eigenvalue weighted by atomic mass is 32.2. The average Bonchev–Trinajstić information content (AvgIpc) is 3.11. The molecule has 9 nitrogen and oxygen atoms in total. The molecule has 3 unspecified atom stereocenters. The van der Waals surface area contributed by atoms with E-state index in [-0.39, 0.29) is 17.6 Å². The number of ether oxygens (including phenoxy) is 2. The molecule has 1 aliphatic rings. The SMILES string of the molecule is COC(=O)C(Cc1ccc(Oc2ccc(CC3SC(=O)NC3=O)cc2)cc1)NC(=O)C(C)N. The zero-order valence-corrected chi connectivity index (χ0v) is 19.0. The van der Waals surface area contributed by atoms with Crippen LogP contribution < -0.4 is 21.1 Å². The van der Waals surface area contributed by atoms with Crippen LogP contribution in [0.15, 0.2) is 48.5 Å². The number of carbonyl (C=O) groups is 4. The summed E-state index contributed by atoms with van der Waals surface area (Å²) in [5.41, 5.74) is 7.29. The van der Waals surface area contributed by atoms with Crippen LogP contribution in [0.1, 0.15) is 18.1 Å². The molecule has 4 N–H and O–H groups in total. The molecule has 10 heteroatoms. The molecule has 1 fully saturated rings. The van der Waals surface area contributed by atoms with Crippen LogP contribution in [0.2, 0.25) is 0 Å². The van der Waals surface area contributed by atoms with Gasteiger partial charge in [0.05, 0.1) is 18.4 Å². The van der Waals surface area contributed by atoms with Gasteiger partial charge in [-0.05, 0) is 48.7 Å². The van der Waals surface area contributed by atoms with E-state index in [1.54, 1.807) is 36.4 Å². The molecule has 174 valence electrons. The van der Waals surface area contributed by atoms with E-state index >= 15 is 0 Å². The van der Waals surface area contributed by atoms with Crippen LogP contribution in [0.25, 0.3) is 0 Å². The number of methoxy groups -OCH3 is 1. The van der Waals surface area contributed by atoms with Crippen LogP contribution in [0, 0.1) is 0 Å². The number of nitrogens with one attached hydrogen (secondary N) is 2. The van der Waals surface area contributed by atoms with Gasteiger partial charge in [0.2, 0.25) is 11.8 Å². The fraction of sp³-hybridized carbons (Fsp3) is 0.304. The number of hydrogen-bond donors (Lipinski definition) is 3. The van der Waals surface area contributed by atoms with Gasteiger partial charge in [-0.15, -0.1) is 0 Å². The van der Waals surface area contributed by atoms with Gasteiger partial charge in [-0.1, -0.05) is 36.0 Å². The summed E-state index contributed by atoms with van der Waals surface area (Å²) < 4.78 is 10.6. The average molecular weight is 472 g/mol. The number of hydrogen-bond acceptors (Lipinski definition) is 8. The summed E-state index contributed by atoms with van der Waals surface area (Å²) in [6, 6.07) is 12.8. The Labute approximate surface area is 195 Å². The summed E-state index contributed by atoms with van der Waals surface area (Å²) in [5.74, 6) is -0.0495. The lowest BCUT2D eigenvalue weighted by molar-refractivity contribution is -0.145. The first-order valence-electron chi connectivity index (χ1n) is 10.3. The topological polar surface area (TPSA) is 137 Å². The van der Waals surface area contributed by atoms with E-state index in [0.29, 0.717) is 17.9 Å². The normalized spacial score (nSPS) is 17.1. The van der Waals surface area contributed by atoms with Gasteiger partial charge in [-0.25, -0.2) is 4.79 Å². The molecule has 2 aromatic rings. The highest BCUT2D eigenvalue weighted by molar-refractivity contribution is 8.15. The van der Waals surface area contributed by atoms with Crippen molar-refractivity contribution in [3.63, 3.8) is 0 Å². The number of benzene rings is 2. The molecular formula is C23H25N3O6S. The number of imide groups is 1. The Morgan fingerprint density at radius 1 is 1.06 bits per heavy atom. The molecule has 0 spiro atoms. The van der Waals surface area contributed by atoms with E-state index in [0.717, 1.165) is 22.9 Å². The van der Waals surface area contributed by atoms with Crippen molar-refractivity contribution in [2.24, 2.45) is 5.73 Å². The standard InChI is InChI=1S/C23H25N3O6S/c1-13(24)20(27)25-18(22(29)31-2)11-14-3-7-16(8-4-14)32-17-9-5-15(6-10-17)12-19-21(28)26-23(30)33-19/h3-10,13,18-19H,11-12,24H2,1-2H3,(H,25,27)(H,26,28,30). The van der Waals surface area contributed by atoms with E-state index in [1.165, 1.54) is 14.0 Å². The first-order valence-corrected chi connectivity index (χ1v) is 11.1. The maximum Gasteiger partial charge on any atom is 0.328 e. The molecule has 1 aliphatic heterocycles. The van der Waals surface area contributed by atoms with Crippen molar-refractivity contribution < 1.29 is 28.7 Å². The maximum absolute atomic E-state index is 12.0. The zero-order chi connectivity index (χ0) is 24.0. The summed E-state index contributed by atoms with van der Waals surface area (Å²) in [7, 11) is 1.26. The fourth-order valence-corrected chi connectivity index (χ4v) is 4.00. The number of nitrogens with two attached hydrogens (primary N) is 1. The second-order valence-electron chi connectivity index (χ2n) is 7.55. The molecule has 0 saturated carbocycles. The molecule has 3 rings (SSSR count). The van der Waals surface area contributed by atoms with E-state index in [1.807, 2.05) is 12.1 Å². The molecule has 1 saturated heterocycles. The number of rotatable bonds is 9. The van der Waals surface area contributed by atoms with E-state index in [4.69, 9.17) is 15.2 Å². The third-order valence-corrected chi connectivity index (χ3v) is 5.91. The summed E-state index contributed by atoms with van der Waals surface area (Å²) in [4.78, 5) is 46.9. The molecule has 0 bridgehead atoms. The maximum atomic E-state index is 12.0. The Morgan fingerprint density at radius 3 is 2.12 bits per heavy atom. The molecule has 3 atom stereocenters. The van der Waals surface area contributed by atoms with E-state index < -0.39 is 29.2 Å². The molecular weight excluding hydrogens is 446 g/mol. The van der Waals surface area contributed by atoms with Crippen molar-refractivity contribution in [3.8, 4) is 11.5 Å². The summed E-state index contributed by atoms with van der Waals surface area (Å²) in [6.07, 6.45) is 0.702. The second-order valence-corrected chi connectivity index (χ2v) is 8.73. The minimum Gasteiger partial charge on any atom is -0.467 e. The predicted molar refractivity (Wildman–Crippen MR) is 123 cm³/mol. The van der Waals surface area contributed by atoms with Crippen molar-refractivity contribution in [2.45, 2.75) is 37.1 Å².